The SMILES string of the molecule is COc1ccc(C2=CCOCC2)cc1-c1nccc2cc(S(=O)Nc3ccncn3)ccc12. The van der Waals surface area contributed by atoms with Crippen molar-refractivity contribution in [3.8, 4) is 17.0 Å². The fraction of sp³-hybridized carbons (Fsp3) is 0.160. The van der Waals surface area contributed by atoms with E-state index in [1.54, 1.807) is 25.6 Å². The summed E-state index contributed by atoms with van der Waals surface area (Å²) in [6, 6.07) is 15.5. The lowest BCUT2D eigenvalue weighted by Gasteiger charge is -2.17. The van der Waals surface area contributed by atoms with E-state index in [0.717, 1.165) is 46.4 Å². The molecule has 0 aliphatic carbocycles. The number of fused-ring (bicyclic) bond motifs is 1. The molecule has 1 aliphatic heterocycles. The van der Waals surface area contributed by atoms with E-state index in [2.05, 4.69) is 37.9 Å². The molecular weight excluding hydrogens is 436 g/mol. The predicted molar refractivity (Wildman–Crippen MR) is 129 cm³/mol. The van der Waals surface area contributed by atoms with E-state index >= 15 is 0 Å². The van der Waals surface area contributed by atoms with Gasteiger partial charge in [0.1, 0.15) is 17.9 Å². The highest BCUT2D eigenvalue weighted by Gasteiger charge is 2.16. The summed E-state index contributed by atoms with van der Waals surface area (Å²) in [5.74, 6) is 1.26. The zero-order chi connectivity index (χ0) is 22.6. The number of nitrogens with one attached hydrogen (secondary N) is 1. The maximum Gasteiger partial charge on any atom is 0.151 e. The van der Waals surface area contributed by atoms with Crippen molar-refractivity contribution in [2.45, 2.75) is 11.3 Å². The van der Waals surface area contributed by atoms with Crippen LogP contribution >= 0.6 is 0 Å². The van der Waals surface area contributed by atoms with Crippen LogP contribution < -0.4 is 9.46 Å². The summed E-state index contributed by atoms with van der Waals surface area (Å²) >= 11 is 0. The van der Waals surface area contributed by atoms with Crippen LogP contribution in [0.15, 0.2) is 78.2 Å². The Kier molecular flexibility index (Phi) is 6.10. The Hall–Kier alpha value is -3.62. The molecule has 0 saturated carbocycles. The van der Waals surface area contributed by atoms with Crippen molar-refractivity contribution in [2.24, 2.45) is 0 Å². The maximum atomic E-state index is 12.8. The molecule has 8 heteroatoms. The quantitative estimate of drug-likeness (QED) is 0.453. The third-order valence-electron chi connectivity index (χ3n) is 5.52. The van der Waals surface area contributed by atoms with E-state index in [4.69, 9.17) is 9.47 Å². The highest BCUT2D eigenvalue weighted by Crippen LogP contribution is 2.36. The molecule has 7 nitrogen and oxygen atoms in total. The van der Waals surface area contributed by atoms with Gasteiger partial charge in [0.05, 0.1) is 30.9 Å². The molecule has 1 N–H and O–H groups in total. The molecule has 33 heavy (non-hydrogen) atoms. The molecule has 0 radical (unpaired) electrons. The molecule has 166 valence electrons. The molecule has 0 spiro atoms. The average molecular weight is 459 g/mol. The Labute approximate surface area is 194 Å². The lowest BCUT2D eigenvalue weighted by molar-refractivity contribution is 0.161. The summed E-state index contributed by atoms with van der Waals surface area (Å²) in [5, 5.41) is 1.89. The smallest absolute Gasteiger partial charge is 0.151 e. The summed E-state index contributed by atoms with van der Waals surface area (Å²) in [7, 11) is 0.205. The van der Waals surface area contributed by atoms with Gasteiger partial charge in [0.25, 0.3) is 0 Å². The third kappa shape index (κ3) is 4.48. The first-order chi connectivity index (χ1) is 16.2. The number of hydrogen-bond donors (Lipinski definition) is 1. The van der Waals surface area contributed by atoms with Gasteiger partial charge in [-0.2, -0.15) is 0 Å². The van der Waals surface area contributed by atoms with E-state index in [1.165, 1.54) is 11.9 Å². The normalized spacial score (nSPS) is 14.5. The molecule has 0 saturated heterocycles. The van der Waals surface area contributed by atoms with Gasteiger partial charge in [-0.15, -0.1) is 0 Å². The van der Waals surface area contributed by atoms with Gasteiger partial charge in [-0.05, 0) is 59.3 Å². The second kappa shape index (κ2) is 9.48. The van der Waals surface area contributed by atoms with Gasteiger partial charge in [-0.25, -0.2) is 14.2 Å². The van der Waals surface area contributed by atoms with Gasteiger partial charge in [-0.3, -0.25) is 9.71 Å². The number of methoxy groups -OCH3 is 1. The van der Waals surface area contributed by atoms with E-state index in [-0.39, 0.29) is 0 Å². The molecular formula is C25H22N4O3S. The van der Waals surface area contributed by atoms with E-state index in [9.17, 15) is 4.21 Å². The Balaban J connectivity index is 1.54. The standard InChI is InChI=1S/C25H22N4O3S/c1-31-23-5-2-18(17-8-12-32-13-9-17)15-22(23)25-21-4-3-20(14-19(21)6-11-27-25)33(30)29-24-7-10-26-16-28-24/h2-8,10-11,14-16H,9,12-13H2,1H3,(H,26,28,29). The maximum absolute atomic E-state index is 12.8. The van der Waals surface area contributed by atoms with Gasteiger partial charge >= 0.3 is 0 Å². The lowest BCUT2D eigenvalue weighted by Crippen LogP contribution is -2.06. The Morgan fingerprint density at radius 2 is 2.00 bits per heavy atom. The number of ether oxygens (including phenoxy) is 2. The van der Waals surface area contributed by atoms with Crippen LogP contribution in [0.5, 0.6) is 5.75 Å². The number of hydrogen-bond acceptors (Lipinski definition) is 6. The molecule has 1 unspecified atom stereocenters. The van der Waals surface area contributed by atoms with Crippen molar-refractivity contribution in [2.75, 3.05) is 25.0 Å². The molecule has 1 atom stereocenters. The minimum absolute atomic E-state index is 0.503. The minimum Gasteiger partial charge on any atom is -0.496 e. The summed E-state index contributed by atoms with van der Waals surface area (Å²) in [6.07, 6.45) is 7.78. The fourth-order valence-corrected chi connectivity index (χ4v) is 4.73. The Morgan fingerprint density at radius 3 is 2.79 bits per heavy atom. The lowest BCUT2D eigenvalue weighted by atomic mass is 9.96. The van der Waals surface area contributed by atoms with E-state index in [1.807, 2.05) is 30.3 Å². The second-order valence-electron chi connectivity index (χ2n) is 7.48. The topological polar surface area (TPSA) is 86.2 Å². The molecule has 0 amide bonds. The zero-order valence-corrected chi connectivity index (χ0v) is 18.8. The van der Waals surface area contributed by atoms with Crippen LogP contribution in [0.25, 0.3) is 27.6 Å². The first kappa shape index (κ1) is 21.2. The van der Waals surface area contributed by atoms with Gasteiger partial charge in [-0.1, -0.05) is 18.2 Å². The molecule has 4 aromatic rings. The summed E-state index contributed by atoms with van der Waals surface area (Å²) in [6.45, 7) is 1.36. The Bertz CT molecular complexity index is 1360. The number of pyridine rings is 1. The molecule has 3 heterocycles. The minimum atomic E-state index is -1.46. The van der Waals surface area contributed by atoms with Gasteiger partial charge < -0.3 is 9.47 Å². The Morgan fingerprint density at radius 1 is 1.06 bits per heavy atom. The van der Waals surface area contributed by atoms with Gasteiger partial charge in [0.2, 0.25) is 0 Å². The van der Waals surface area contributed by atoms with E-state index < -0.39 is 11.0 Å². The van der Waals surface area contributed by atoms with Crippen LogP contribution in [0.2, 0.25) is 0 Å². The highest BCUT2D eigenvalue weighted by atomic mass is 32.2. The number of benzene rings is 2. The van der Waals surface area contributed by atoms with Crippen LogP contribution in [-0.4, -0.2) is 39.5 Å². The molecule has 0 bridgehead atoms. The van der Waals surface area contributed by atoms with Gasteiger partial charge in [0.15, 0.2) is 11.0 Å². The van der Waals surface area contributed by atoms with Crippen molar-refractivity contribution in [1.29, 1.82) is 0 Å². The molecule has 5 rings (SSSR count). The zero-order valence-electron chi connectivity index (χ0n) is 18.0. The van der Waals surface area contributed by atoms with Crippen molar-refractivity contribution in [1.82, 2.24) is 15.0 Å². The monoisotopic (exact) mass is 458 g/mol. The first-order valence-corrected chi connectivity index (χ1v) is 11.7. The molecule has 1 aliphatic rings. The highest BCUT2D eigenvalue weighted by molar-refractivity contribution is 7.86. The number of anilines is 1. The number of nitrogens with zero attached hydrogens (tertiary/aromatic N) is 3. The first-order valence-electron chi connectivity index (χ1n) is 10.5. The van der Waals surface area contributed by atoms with Crippen LogP contribution in [0.1, 0.15) is 12.0 Å². The summed E-state index contributed by atoms with van der Waals surface area (Å²) < 4.78 is 26.8. The molecule has 0 fully saturated rings. The van der Waals surface area contributed by atoms with Crippen molar-refractivity contribution in [3.63, 3.8) is 0 Å². The van der Waals surface area contributed by atoms with Crippen LogP contribution in [0, 0.1) is 0 Å². The largest absolute Gasteiger partial charge is 0.496 e. The van der Waals surface area contributed by atoms with E-state index in [0.29, 0.717) is 17.3 Å². The van der Waals surface area contributed by atoms with Crippen molar-refractivity contribution in [3.05, 3.63) is 78.9 Å². The number of aromatic nitrogens is 3. The molecule has 2 aromatic carbocycles. The third-order valence-corrected chi connectivity index (χ3v) is 6.59. The summed E-state index contributed by atoms with van der Waals surface area (Å²) in [4.78, 5) is 13.3. The average Bonchev–Trinajstić information content (AvgIpc) is 2.88. The van der Waals surface area contributed by atoms with Crippen molar-refractivity contribution >= 4 is 33.1 Å². The second-order valence-corrected chi connectivity index (χ2v) is 8.69. The number of rotatable bonds is 6. The molecule has 2 aromatic heterocycles. The van der Waals surface area contributed by atoms with Crippen LogP contribution in [0.4, 0.5) is 5.82 Å². The van der Waals surface area contributed by atoms with Crippen LogP contribution in [0.3, 0.4) is 0 Å². The fourth-order valence-electron chi connectivity index (χ4n) is 3.87. The van der Waals surface area contributed by atoms with Crippen LogP contribution in [-0.2, 0) is 15.7 Å². The predicted octanol–water partition coefficient (Wildman–Crippen LogP) is 4.64. The van der Waals surface area contributed by atoms with Crippen molar-refractivity contribution < 1.29 is 13.7 Å². The van der Waals surface area contributed by atoms with Gasteiger partial charge in [0, 0.05) is 23.3 Å². The summed E-state index contributed by atoms with van der Waals surface area (Å²) in [5.41, 5.74) is 4.14.